The second-order valence-corrected chi connectivity index (χ2v) is 6.63. The average molecular weight is 317 g/mol. The summed E-state index contributed by atoms with van der Waals surface area (Å²) in [4.78, 5) is 25.3. The van der Waals surface area contributed by atoms with Crippen molar-refractivity contribution < 1.29 is 9.59 Å². The molecule has 1 fully saturated rings. The molecule has 23 heavy (non-hydrogen) atoms. The lowest BCUT2D eigenvalue weighted by atomic mass is 9.88. The molecule has 0 spiro atoms. The molecule has 126 valence electrons. The first-order chi connectivity index (χ1) is 11.0. The van der Waals surface area contributed by atoms with Gasteiger partial charge in [-0.15, -0.1) is 0 Å². The molecular weight excluding hydrogens is 290 g/mol. The number of amides is 3. The topological polar surface area (TPSA) is 61.4 Å². The lowest BCUT2D eigenvalue weighted by Gasteiger charge is -2.30. The SMILES string of the molecule is CC(C)[C@@H](CNC(=O)N[C@@H]1CCC(=O)N(C)C1)c1ccccc1. The first-order valence-electron chi connectivity index (χ1n) is 8.30. The smallest absolute Gasteiger partial charge is 0.315 e. The Kier molecular flexibility index (Phi) is 6.02. The highest BCUT2D eigenvalue weighted by molar-refractivity contribution is 5.78. The standard InChI is InChI=1S/C18H27N3O2/c1-13(2)16(14-7-5-4-6-8-14)11-19-18(23)20-15-9-10-17(22)21(3)12-15/h4-8,13,15-16H,9-12H2,1-3H3,(H2,19,20,23)/t15-,16-/m1/s1. The summed E-state index contributed by atoms with van der Waals surface area (Å²) in [6.45, 7) is 5.52. The summed E-state index contributed by atoms with van der Waals surface area (Å²) in [5.41, 5.74) is 1.24. The van der Waals surface area contributed by atoms with E-state index >= 15 is 0 Å². The maximum absolute atomic E-state index is 12.1. The number of carbonyl (C=O) groups excluding carboxylic acids is 2. The average Bonchev–Trinajstić information content (AvgIpc) is 2.52. The van der Waals surface area contributed by atoms with Gasteiger partial charge in [0.1, 0.15) is 0 Å². The zero-order valence-electron chi connectivity index (χ0n) is 14.2. The predicted octanol–water partition coefficient (Wildman–Crippen LogP) is 2.35. The molecule has 5 nitrogen and oxygen atoms in total. The summed E-state index contributed by atoms with van der Waals surface area (Å²) in [6, 6.07) is 10.1. The Morgan fingerprint density at radius 3 is 2.61 bits per heavy atom. The van der Waals surface area contributed by atoms with Crippen molar-refractivity contribution in [3.63, 3.8) is 0 Å². The Bertz CT molecular complexity index is 530. The summed E-state index contributed by atoms with van der Waals surface area (Å²) in [6.07, 6.45) is 1.21. The van der Waals surface area contributed by atoms with E-state index in [2.05, 4.69) is 36.6 Å². The maximum atomic E-state index is 12.1. The third kappa shape index (κ3) is 4.98. The number of benzene rings is 1. The number of hydrogen-bond donors (Lipinski definition) is 2. The van der Waals surface area contributed by atoms with E-state index in [1.54, 1.807) is 11.9 Å². The lowest BCUT2D eigenvalue weighted by molar-refractivity contribution is -0.132. The van der Waals surface area contributed by atoms with Crippen LogP contribution >= 0.6 is 0 Å². The second kappa shape index (κ2) is 7.99. The van der Waals surface area contributed by atoms with E-state index in [9.17, 15) is 9.59 Å². The number of likely N-dealkylation sites (tertiary alicyclic amines) is 1. The van der Waals surface area contributed by atoms with Gasteiger partial charge in [-0.2, -0.15) is 0 Å². The van der Waals surface area contributed by atoms with Crippen LogP contribution in [0.2, 0.25) is 0 Å². The Labute approximate surface area is 138 Å². The van der Waals surface area contributed by atoms with Crippen LogP contribution in [0.1, 0.15) is 38.2 Å². The van der Waals surface area contributed by atoms with E-state index in [-0.39, 0.29) is 23.9 Å². The molecule has 0 bridgehead atoms. The molecule has 1 aliphatic heterocycles. The molecule has 0 unspecified atom stereocenters. The molecule has 0 radical (unpaired) electrons. The fraction of sp³-hybridized carbons (Fsp3) is 0.556. The molecule has 2 rings (SSSR count). The van der Waals surface area contributed by atoms with Gasteiger partial charge in [-0.05, 0) is 17.9 Å². The van der Waals surface area contributed by atoms with E-state index in [0.29, 0.717) is 31.8 Å². The molecule has 0 aliphatic carbocycles. The third-order valence-corrected chi connectivity index (χ3v) is 4.48. The van der Waals surface area contributed by atoms with Gasteiger partial charge in [-0.25, -0.2) is 4.79 Å². The van der Waals surface area contributed by atoms with Gasteiger partial charge < -0.3 is 15.5 Å². The van der Waals surface area contributed by atoms with E-state index in [4.69, 9.17) is 0 Å². The summed E-state index contributed by atoms with van der Waals surface area (Å²) < 4.78 is 0. The van der Waals surface area contributed by atoms with Crippen molar-refractivity contribution in [1.29, 1.82) is 0 Å². The van der Waals surface area contributed by atoms with E-state index in [1.807, 2.05) is 18.2 Å². The maximum Gasteiger partial charge on any atom is 0.315 e. The number of hydrogen-bond acceptors (Lipinski definition) is 2. The highest BCUT2D eigenvalue weighted by Crippen LogP contribution is 2.23. The van der Waals surface area contributed by atoms with Gasteiger partial charge in [-0.3, -0.25) is 4.79 Å². The van der Waals surface area contributed by atoms with Crippen molar-refractivity contribution >= 4 is 11.9 Å². The quantitative estimate of drug-likeness (QED) is 0.875. The molecule has 1 saturated heterocycles. The monoisotopic (exact) mass is 317 g/mol. The molecule has 1 heterocycles. The molecule has 1 aromatic rings. The Hall–Kier alpha value is -2.04. The van der Waals surface area contributed by atoms with E-state index in [0.717, 1.165) is 0 Å². The summed E-state index contributed by atoms with van der Waals surface area (Å²) in [5.74, 6) is 0.876. The number of piperidine rings is 1. The lowest BCUT2D eigenvalue weighted by Crippen LogP contribution is -2.51. The Balaban J connectivity index is 1.84. The van der Waals surface area contributed by atoms with Crippen LogP contribution in [-0.2, 0) is 4.79 Å². The molecule has 2 atom stereocenters. The van der Waals surface area contributed by atoms with Gasteiger partial charge in [0.2, 0.25) is 5.91 Å². The number of urea groups is 1. The van der Waals surface area contributed by atoms with Crippen LogP contribution < -0.4 is 10.6 Å². The number of nitrogens with zero attached hydrogens (tertiary/aromatic N) is 1. The highest BCUT2D eigenvalue weighted by Gasteiger charge is 2.24. The van der Waals surface area contributed by atoms with Gasteiger partial charge in [-0.1, -0.05) is 44.2 Å². The Morgan fingerprint density at radius 1 is 1.30 bits per heavy atom. The minimum atomic E-state index is -0.153. The number of likely N-dealkylation sites (N-methyl/N-ethyl adjacent to an activating group) is 1. The van der Waals surface area contributed by atoms with Crippen LogP contribution in [0.15, 0.2) is 30.3 Å². The van der Waals surface area contributed by atoms with Gasteiger partial charge in [0, 0.05) is 38.5 Å². The zero-order valence-corrected chi connectivity index (χ0v) is 14.2. The summed E-state index contributed by atoms with van der Waals surface area (Å²) >= 11 is 0. The molecule has 1 aromatic carbocycles. The molecule has 2 N–H and O–H groups in total. The zero-order chi connectivity index (χ0) is 16.8. The van der Waals surface area contributed by atoms with Crippen molar-refractivity contribution in [2.24, 2.45) is 5.92 Å². The van der Waals surface area contributed by atoms with Crippen molar-refractivity contribution in [3.05, 3.63) is 35.9 Å². The molecule has 1 aliphatic rings. The van der Waals surface area contributed by atoms with Gasteiger partial charge >= 0.3 is 6.03 Å². The summed E-state index contributed by atoms with van der Waals surface area (Å²) in [7, 11) is 1.78. The third-order valence-electron chi connectivity index (χ3n) is 4.48. The first-order valence-corrected chi connectivity index (χ1v) is 8.30. The molecule has 0 aromatic heterocycles. The van der Waals surface area contributed by atoms with E-state index in [1.165, 1.54) is 5.56 Å². The predicted molar refractivity (Wildman–Crippen MR) is 91.2 cm³/mol. The van der Waals surface area contributed by atoms with Crippen LogP contribution in [0.5, 0.6) is 0 Å². The molecule has 0 saturated carbocycles. The van der Waals surface area contributed by atoms with Gasteiger partial charge in [0.05, 0.1) is 0 Å². The minimum absolute atomic E-state index is 0.0342. The number of rotatable bonds is 5. The minimum Gasteiger partial charge on any atom is -0.344 e. The second-order valence-electron chi connectivity index (χ2n) is 6.63. The number of nitrogens with one attached hydrogen (secondary N) is 2. The normalized spacial score (nSPS) is 19.6. The van der Waals surface area contributed by atoms with Crippen molar-refractivity contribution in [2.45, 2.75) is 38.6 Å². The van der Waals surface area contributed by atoms with Crippen molar-refractivity contribution in [3.8, 4) is 0 Å². The van der Waals surface area contributed by atoms with Crippen molar-refractivity contribution in [1.82, 2.24) is 15.5 Å². The van der Waals surface area contributed by atoms with Gasteiger partial charge in [0.25, 0.3) is 0 Å². The van der Waals surface area contributed by atoms with Crippen molar-refractivity contribution in [2.75, 3.05) is 20.1 Å². The largest absolute Gasteiger partial charge is 0.344 e. The number of carbonyl (C=O) groups is 2. The van der Waals surface area contributed by atoms with Crippen LogP contribution in [0.3, 0.4) is 0 Å². The summed E-state index contributed by atoms with van der Waals surface area (Å²) in [5, 5.41) is 5.95. The van der Waals surface area contributed by atoms with Crippen LogP contribution in [0.25, 0.3) is 0 Å². The van der Waals surface area contributed by atoms with Crippen LogP contribution in [0, 0.1) is 5.92 Å². The Morgan fingerprint density at radius 2 is 2.00 bits per heavy atom. The van der Waals surface area contributed by atoms with E-state index < -0.39 is 0 Å². The first kappa shape index (κ1) is 17.3. The van der Waals surface area contributed by atoms with Crippen LogP contribution in [0.4, 0.5) is 4.79 Å². The van der Waals surface area contributed by atoms with Gasteiger partial charge in [0.15, 0.2) is 0 Å². The highest BCUT2D eigenvalue weighted by atomic mass is 16.2. The molecule has 5 heteroatoms. The fourth-order valence-electron chi connectivity index (χ4n) is 3.01. The molecule has 3 amide bonds. The van der Waals surface area contributed by atoms with Crippen LogP contribution in [-0.4, -0.2) is 43.0 Å². The molecular formula is C18H27N3O2. The fourth-order valence-corrected chi connectivity index (χ4v) is 3.01.